The van der Waals surface area contributed by atoms with Gasteiger partial charge in [0.05, 0.1) is 10.5 Å². The minimum absolute atomic E-state index is 0.0301. The summed E-state index contributed by atoms with van der Waals surface area (Å²) < 4.78 is 15.2. The first kappa shape index (κ1) is 15.1. The molecule has 2 aromatic rings. The lowest BCUT2D eigenvalue weighted by molar-refractivity contribution is 0.0697. The Bertz CT molecular complexity index is 753. The fourth-order valence-electron chi connectivity index (χ4n) is 1.75. The summed E-state index contributed by atoms with van der Waals surface area (Å²) in [7, 11) is 0. The number of rotatable bonds is 4. The zero-order chi connectivity index (χ0) is 15.7. The van der Waals surface area contributed by atoms with Crippen molar-refractivity contribution in [3.05, 3.63) is 34.0 Å². The van der Waals surface area contributed by atoms with Gasteiger partial charge in [-0.3, -0.25) is 4.57 Å². The number of halogens is 1. The number of aromatic carboxylic acids is 1. The lowest BCUT2D eigenvalue weighted by Gasteiger charge is -2.10. The summed E-state index contributed by atoms with van der Waals surface area (Å²) >= 11 is 0.857. The minimum Gasteiger partial charge on any atom is -0.478 e. The molecule has 1 aromatic heterocycles. The molecule has 0 radical (unpaired) electrons. The topological polar surface area (TPSA) is 114 Å². The Balaban J connectivity index is 2.47. The molecule has 0 aliphatic heterocycles. The number of hydrogen-bond acceptors (Lipinski definition) is 5. The van der Waals surface area contributed by atoms with Gasteiger partial charge < -0.3 is 10.8 Å². The number of nitrogen functional groups attached to an aromatic ring is 1. The van der Waals surface area contributed by atoms with E-state index in [4.69, 9.17) is 10.8 Å². The van der Waals surface area contributed by atoms with Gasteiger partial charge in [-0.25, -0.2) is 19.1 Å². The van der Waals surface area contributed by atoms with Crippen LogP contribution in [0.2, 0.25) is 0 Å². The Morgan fingerprint density at radius 1 is 1.52 bits per heavy atom. The molecule has 2 rings (SSSR count). The van der Waals surface area contributed by atoms with Gasteiger partial charge >= 0.3 is 11.7 Å². The standard InChI is InChI=1S/C12H13FN4O3S/c1-5(2)17-11(20)15-16-12(17)21-9-3-6(10(18)19)8(14)4-7(9)13/h3-5H,14H2,1-2H3,(H,15,20)(H,18,19). The molecular formula is C12H13FN4O3S. The van der Waals surface area contributed by atoms with Gasteiger partial charge in [0.25, 0.3) is 0 Å². The van der Waals surface area contributed by atoms with Crippen molar-refractivity contribution < 1.29 is 14.3 Å². The van der Waals surface area contributed by atoms with Crippen LogP contribution in [0, 0.1) is 5.82 Å². The third kappa shape index (κ3) is 2.92. The van der Waals surface area contributed by atoms with Gasteiger partial charge in [-0.1, -0.05) is 0 Å². The van der Waals surface area contributed by atoms with E-state index in [1.54, 1.807) is 13.8 Å². The first-order chi connectivity index (χ1) is 9.81. The smallest absolute Gasteiger partial charge is 0.344 e. The number of H-pyrrole nitrogens is 1. The van der Waals surface area contributed by atoms with Crippen molar-refractivity contribution in [2.45, 2.75) is 29.9 Å². The number of nitrogens with zero attached hydrogens (tertiary/aromatic N) is 2. The van der Waals surface area contributed by atoms with Crippen molar-refractivity contribution in [3.63, 3.8) is 0 Å². The zero-order valence-electron chi connectivity index (χ0n) is 11.3. The SMILES string of the molecule is CC(C)n1c(Sc2cc(C(=O)O)c(N)cc2F)n[nH]c1=O. The highest BCUT2D eigenvalue weighted by Gasteiger charge is 2.18. The van der Waals surface area contributed by atoms with Crippen molar-refractivity contribution in [3.8, 4) is 0 Å². The Hall–Kier alpha value is -2.29. The third-order valence-electron chi connectivity index (χ3n) is 2.72. The van der Waals surface area contributed by atoms with Crippen LogP contribution in [0.3, 0.4) is 0 Å². The Labute approximate surface area is 123 Å². The minimum atomic E-state index is -1.25. The highest BCUT2D eigenvalue weighted by Crippen LogP contribution is 2.31. The van der Waals surface area contributed by atoms with Gasteiger partial charge in [0.1, 0.15) is 5.82 Å². The first-order valence-electron chi connectivity index (χ1n) is 5.98. The fourth-order valence-corrected chi connectivity index (χ4v) is 2.76. The zero-order valence-corrected chi connectivity index (χ0v) is 12.1. The van der Waals surface area contributed by atoms with Crippen LogP contribution < -0.4 is 11.4 Å². The molecular weight excluding hydrogens is 299 g/mol. The third-order valence-corrected chi connectivity index (χ3v) is 3.73. The number of carboxylic acids is 1. The fraction of sp³-hybridized carbons (Fsp3) is 0.250. The summed E-state index contributed by atoms with van der Waals surface area (Å²) in [6.45, 7) is 3.56. The molecule has 4 N–H and O–H groups in total. The van der Waals surface area contributed by atoms with Crippen LogP contribution in [0.15, 0.2) is 27.0 Å². The van der Waals surface area contributed by atoms with Crippen molar-refractivity contribution >= 4 is 23.4 Å². The molecule has 0 bridgehead atoms. The number of benzene rings is 1. The van der Waals surface area contributed by atoms with Crippen molar-refractivity contribution in [1.82, 2.24) is 14.8 Å². The van der Waals surface area contributed by atoms with E-state index in [9.17, 15) is 14.0 Å². The summed E-state index contributed by atoms with van der Waals surface area (Å²) in [5, 5.41) is 15.3. The van der Waals surface area contributed by atoms with Crippen LogP contribution >= 0.6 is 11.8 Å². The predicted octanol–water partition coefficient (Wildman–Crippen LogP) is 1.72. The number of carboxylic acid groups (broad SMARTS) is 1. The van der Waals surface area contributed by atoms with Gasteiger partial charge in [0, 0.05) is 11.7 Å². The number of aromatic amines is 1. The molecule has 0 saturated heterocycles. The summed E-state index contributed by atoms with van der Waals surface area (Å²) in [5.74, 6) is -1.93. The van der Waals surface area contributed by atoms with Gasteiger partial charge in [0.15, 0.2) is 5.16 Å². The maximum atomic E-state index is 13.9. The number of hydrogen-bond donors (Lipinski definition) is 3. The van der Waals surface area contributed by atoms with E-state index in [0.717, 1.165) is 23.9 Å². The highest BCUT2D eigenvalue weighted by atomic mass is 32.2. The number of nitrogens with one attached hydrogen (secondary N) is 1. The molecule has 112 valence electrons. The van der Waals surface area contributed by atoms with Crippen LogP contribution in [0.25, 0.3) is 0 Å². The molecule has 21 heavy (non-hydrogen) atoms. The number of carbonyl (C=O) groups is 1. The molecule has 0 aliphatic rings. The van der Waals surface area contributed by atoms with Gasteiger partial charge in [-0.05, 0) is 37.7 Å². The maximum absolute atomic E-state index is 13.9. The Morgan fingerprint density at radius 2 is 2.19 bits per heavy atom. The summed E-state index contributed by atoms with van der Waals surface area (Å²) in [6, 6.07) is 1.90. The van der Waals surface area contributed by atoms with E-state index in [1.807, 2.05) is 0 Å². The highest BCUT2D eigenvalue weighted by molar-refractivity contribution is 7.99. The van der Waals surface area contributed by atoms with Gasteiger partial charge in [0.2, 0.25) is 0 Å². The van der Waals surface area contributed by atoms with E-state index in [-0.39, 0.29) is 27.3 Å². The van der Waals surface area contributed by atoms with Gasteiger partial charge in [-0.2, -0.15) is 0 Å². The molecule has 1 aromatic carbocycles. The van der Waals surface area contributed by atoms with Crippen molar-refractivity contribution in [1.29, 1.82) is 0 Å². The Morgan fingerprint density at radius 3 is 2.76 bits per heavy atom. The second-order valence-electron chi connectivity index (χ2n) is 4.55. The van der Waals surface area contributed by atoms with E-state index < -0.39 is 17.5 Å². The summed E-state index contributed by atoms with van der Waals surface area (Å²) in [4.78, 5) is 22.7. The van der Waals surface area contributed by atoms with Crippen LogP contribution in [-0.4, -0.2) is 25.8 Å². The first-order valence-corrected chi connectivity index (χ1v) is 6.80. The quantitative estimate of drug-likeness (QED) is 0.741. The molecule has 0 unspecified atom stereocenters. The molecule has 0 amide bonds. The van der Waals surface area contributed by atoms with E-state index in [2.05, 4.69) is 10.2 Å². The molecule has 9 heteroatoms. The van der Waals surface area contributed by atoms with Crippen LogP contribution in [0.5, 0.6) is 0 Å². The van der Waals surface area contributed by atoms with Crippen LogP contribution in [-0.2, 0) is 0 Å². The normalized spacial score (nSPS) is 11.0. The van der Waals surface area contributed by atoms with E-state index in [0.29, 0.717) is 0 Å². The number of nitrogens with two attached hydrogens (primary N) is 1. The van der Waals surface area contributed by atoms with Crippen molar-refractivity contribution in [2.75, 3.05) is 5.73 Å². The molecule has 0 atom stereocenters. The molecule has 7 nitrogen and oxygen atoms in total. The monoisotopic (exact) mass is 312 g/mol. The lowest BCUT2D eigenvalue weighted by atomic mass is 10.2. The van der Waals surface area contributed by atoms with E-state index in [1.165, 1.54) is 4.57 Å². The average Bonchev–Trinajstić information content (AvgIpc) is 2.73. The maximum Gasteiger partial charge on any atom is 0.344 e. The Kier molecular flexibility index (Phi) is 4.03. The second kappa shape index (κ2) is 5.60. The predicted molar refractivity (Wildman–Crippen MR) is 75.1 cm³/mol. The van der Waals surface area contributed by atoms with E-state index >= 15 is 0 Å². The largest absolute Gasteiger partial charge is 0.478 e. The second-order valence-corrected chi connectivity index (χ2v) is 5.56. The number of anilines is 1. The molecule has 0 saturated carbocycles. The lowest BCUT2D eigenvalue weighted by Crippen LogP contribution is -2.19. The molecule has 1 heterocycles. The summed E-state index contributed by atoms with van der Waals surface area (Å²) in [5.41, 5.74) is 4.68. The molecule has 0 spiro atoms. The van der Waals surface area contributed by atoms with Crippen molar-refractivity contribution in [2.24, 2.45) is 0 Å². The van der Waals surface area contributed by atoms with Crippen LogP contribution in [0.4, 0.5) is 10.1 Å². The summed E-state index contributed by atoms with van der Waals surface area (Å²) in [6.07, 6.45) is 0. The molecule has 0 aliphatic carbocycles. The molecule has 0 fully saturated rings. The van der Waals surface area contributed by atoms with Crippen LogP contribution in [0.1, 0.15) is 30.2 Å². The van der Waals surface area contributed by atoms with Gasteiger partial charge in [-0.15, -0.1) is 5.10 Å². The average molecular weight is 312 g/mol. The number of aromatic nitrogens is 3.